The molecule has 1 nitrogen and oxygen atoms in total. The minimum Gasteiger partial charge on any atom is -0.507 e. The average Bonchev–Trinajstić information content (AvgIpc) is 2.37. The SMILES string of the molecule is Cc1cc(SC(C)c2ccccc2)cc(C)c1O. The Morgan fingerprint density at radius 3 is 2.11 bits per heavy atom. The van der Waals surface area contributed by atoms with Crippen LogP contribution in [0, 0.1) is 13.8 Å². The molecule has 0 aromatic heterocycles. The third-order valence-corrected chi connectivity index (χ3v) is 4.18. The van der Waals surface area contributed by atoms with E-state index in [9.17, 15) is 5.11 Å². The molecule has 0 aliphatic carbocycles. The topological polar surface area (TPSA) is 20.2 Å². The molecule has 1 unspecified atom stereocenters. The largest absolute Gasteiger partial charge is 0.507 e. The quantitative estimate of drug-likeness (QED) is 0.793. The maximum Gasteiger partial charge on any atom is 0.121 e. The van der Waals surface area contributed by atoms with E-state index in [1.807, 2.05) is 43.8 Å². The number of hydrogen-bond donors (Lipinski definition) is 1. The molecule has 18 heavy (non-hydrogen) atoms. The highest BCUT2D eigenvalue weighted by Gasteiger charge is 2.09. The second-order valence-corrected chi connectivity index (χ2v) is 5.99. The predicted molar refractivity (Wildman–Crippen MR) is 78.3 cm³/mol. The monoisotopic (exact) mass is 258 g/mol. The summed E-state index contributed by atoms with van der Waals surface area (Å²) >= 11 is 1.82. The molecule has 1 atom stereocenters. The average molecular weight is 258 g/mol. The molecule has 0 heterocycles. The highest BCUT2D eigenvalue weighted by atomic mass is 32.2. The van der Waals surface area contributed by atoms with Crippen LogP contribution < -0.4 is 0 Å². The first-order chi connectivity index (χ1) is 8.58. The third-order valence-electron chi connectivity index (χ3n) is 3.05. The number of rotatable bonds is 3. The lowest BCUT2D eigenvalue weighted by molar-refractivity contribution is 0.466. The van der Waals surface area contributed by atoms with Gasteiger partial charge in [-0.2, -0.15) is 0 Å². The number of phenols is 1. The molecule has 0 amide bonds. The van der Waals surface area contributed by atoms with Crippen molar-refractivity contribution in [3.05, 3.63) is 59.2 Å². The molecule has 0 aliphatic heterocycles. The van der Waals surface area contributed by atoms with Crippen LogP contribution in [0.1, 0.15) is 28.9 Å². The van der Waals surface area contributed by atoms with E-state index in [4.69, 9.17) is 0 Å². The highest BCUT2D eigenvalue weighted by Crippen LogP contribution is 2.37. The van der Waals surface area contributed by atoms with Gasteiger partial charge in [-0.25, -0.2) is 0 Å². The van der Waals surface area contributed by atoms with E-state index < -0.39 is 0 Å². The second-order valence-electron chi connectivity index (χ2n) is 4.58. The molecule has 1 N–H and O–H groups in total. The van der Waals surface area contributed by atoms with Gasteiger partial charge in [-0.15, -0.1) is 11.8 Å². The van der Waals surface area contributed by atoms with Gasteiger partial charge in [-0.1, -0.05) is 30.3 Å². The van der Waals surface area contributed by atoms with Gasteiger partial charge < -0.3 is 5.11 Å². The summed E-state index contributed by atoms with van der Waals surface area (Å²) in [7, 11) is 0. The normalized spacial score (nSPS) is 12.4. The van der Waals surface area contributed by atoms with Gasteiger partial charge in [0, 0.05) is 10.1 Å². The molecule has 0 radical (unpaired) electrons. The molecule has 0 fully saturated rings. The zero-order valence-electron chi connectivity index (χ0n) is 11.0. The van der Waals surface area contributed by atoms with Crippen LogP contribution in [-0.2, 0) is 0 Å². The summed E-state index contributed by atoms with van der Waals surface area (Å²) in [6.07, 6.45) is 0. The van der Waals surface area contributed by atoms with Crippen molar-refractivity contribution in [2.75, 3.05) is 0 Å². The van der Waals surface area contributed by atoms with Crippen LogP contribution in [0.4, 0.5) is 0 Å². The van der Waals surface area contributed by atoms with Gasteiger partial charge >= 0.3 is 0 Å². The lowest BCUT2D eigenvalue weighted by Crippen LogP contribution is -1.89. The molecule has 0 spiro atoms. The molecule has 0 saturated carbocycles. The summed E-state index contributed by atoms with van der Waals surface area (Å²) in [4.78, 5) is 1.21. The Bertz CT molecular complexity index is 511. The molecule has 0 saturated heterocycles. The molecule has 2 heteroatoms. The first-order valence-electron chi connectivity index (χ1n) is 6.09. The first kappa shape index (κ1) is 13.0. The molecular weight excluding hydrogens is 240 g/mol. The Labute approximate surface area is 113 Å². The van der Waals surface area contributed by atoms with Crippen LogP contribution in [0.25, 0.3) is 0 Å². The summed E-state index contributed by atoms with van der Waals surface area (Å²) < 4.78 is 0. The fourth-order valence-corrected chi connectivity index (χ4v) is 3.17. The number of aryl methyl sites for hydroxylation is 2. The molecule has 2 aromatic carbocycles. The molecule has 2 rings (SSSR count). The van der Waals surface area contributed by atoms with Crippen molar-refractivity contribution in [2.24, 2.45) is 0 Å². The van der Waals surface area contributed by atoms with Gasteiger partial charge in [0.2, 0.25) is 0 Å². The molecule has 0 aliphatic rings. The first-order valence-corrected chi connectivity index (χ1v) is 6.97. The van der Waals surface area contributed by atoms with Gasteiger partial charge in [0.15, 0.2) is 0 Å². The number of hydrogen-bond acceptors (Lipinski definition) is 2. The van der Waals surface area contributed by atoms with Crippen LogP contribution in [-0.4, -0.2) is 5.11 Å². The third kappa shape index (κ3) is 2.88. The zero-order valence-corrected chi connectivity index (χ0v) is 11.8. The lowest BCUT2D eigenvalue weighted by Gasteiger charge is -2.13. The molecule has 2 aromatic rings. The van der Waals surface area contributed by atoms with Crippen molar-refractivity contribution in [3.8, 4) is 5.75 Å². The number of thioether (sulfide) groups is 1. The Kier molecular flexibility index (Phi) is 3.97. The number of benzene rings is 2. The van der Waals surface area contributed by atoms with Crippen molar-refractivity contribution in [1.82, 2.24) is 0 Å². The van der Waals surface area contributed by atoms with Gasteiger partial charge in [-0.05, 0) is 49.6 Å². The summed E-state index contributed by atoms with van der Waals surface area (Å²) in [5.74, 6) is 0.409. The van der Waals surface area contributed by atoms with Crippen LogP contribution in [0.5, 0.6) is 5.75 Å². The fraction of sp³-hybridized carbons (Fsp3) is 0.250. The molecular formula is C16H18OS. The Morgan fingerprint density at radius 1 is 1.00 bits per heavy atom. The summed E-state index contributed by atoms with van der Waals surface area (Å²) in [6.45, 7) is 6.09. The smallest absolute Gasteiger partial charge is 0.121 e. The fourth-order valence-electron chi connectivity index (χ4n) is 1.98. The van der Waals surface area contributed by atoms with E-state index in [0.29, 0.717) is 11.0 Å². The zero-order chi connectivity index (χ0) is 13.1. The van der Waals surface area contributed by atoms with Crippen LogP contribution in [0.2, 0.25) is 0 Å². The van der Waals surface area contributed by atoms with Crippen LogP contribution in [0.3, 0.4) is 0 Å². The summed E-state index contributed by atoms with van der Waals surface area (Å²) in [6, 6.07) is 14.6. The van der Waals surface area contributed by atoms with Gasteiger partial charge in [0.1, 0.15) is 5.75 Å². The number of phenolic OH excluding ortho intramolecular Hbond substituents is 1. The second kappa shape index (κ2) is 5.49. The van der Waals surface area contributed by atoms with Crippen LogP contribution in [0.15, 0.2) is 47.4 Å². The van der Waals surface area contributed by atoms with Gasteiger partial charge in [0.05, 0.1) is 0 Å². The van der Waals surface area contributed by atoms with E-state index in [2.05, 4.69) is 31.2 Å². The number of aromatic hydroxyl groups is 1. The summed E-state index contributed by atoms with van der Waals surface area (Å²) in [5.41, 5.74) is 3.21. The van der Waals surface area contributed by atoms with E-state index in [1.54, 1.807) is 0 Å². The highest BCUT2D eigenvalue weighted by molar-refractivity contribution is 7.99. The summed E-state index contributed by atoms with van der Waals surface area (Å²) in [5, 5.41) is 10.2. The van der Waals surface area contributed by atoms with Crippen molar-refractivity contribution in [3.63, 3.8) is 0 Å². The maximum atomic E-state index is 9.77. The van der Waals surface area contributed by atoms with Crippen molar-refractivity contribution in [2.45, 2.75) is 30.9 Å². The predicted octanol–water partition coefficient (Wildman–Crippen LogP) is 4.86. The van der Waals surface area contributed by atoms with Crippen molar-refractivity contribution >= 4 is 11.8 Å². The van der Waals surface area contributed by atoms with E-state index in [0.717, 1.165) is 11.1 Å². The van der Waals surface area contributed by atoms with E-state index in [-0.39, 0.29) is 0 Å². The van der Waals surface area contributed by atoms with E-state index >= 15 is 0 Å². The Morgan fingerprint density at radius 2 is 1.56 bits per heavy atom. The lowest BCUT2D eigenvalue weighted by atomic mass is 10.1. The van der Waals surface area contributed by atoms with Gasteiger partial charge in [-0.3, -0.25) is 0 Å². The molecule has 0 bridgehead atoms. The minimum absolute atomic E-state index is 0.409. The van der Waals surface area contributed by atoms with Crippen LogP contribution >= 0.6 is 11.8 Å². The van der Waals surface area contributed by atoms with Gasteiger partial charge in [0.25, 0.3) is 0 Å². The van der Waals surface area contributed by atoms with Crippen molar-refractivity contribution in [1.29, 1.82) is 0 Å². The van der Waals surface area contributed by atoms with Crippen molar-refractivity contribution < 1.29 is 5.11 Å². The maximum absolute atomic E-state index is 9.77. The molecule has 94 valence electrons. The standard InChI is InChI=1S/C16H18OS/c1-11-9-15(10-12(2)16(11)17)18-13(3)14-7-5-4-6-8-14/h4-10,13,17H,1-3H3. The Balaban J connectivity index is 2.20. The Hall–Kier alpha value is -1.41. The van der Waals surface area contributed by atoms with E-state index in [1.165, 1.54) is 10.5 Å². The minimum atomic E-state index is 0.409.